The number of carbonyl (C=O) groups is 1. The fourth-order valence-electron chi connectivity index (χ4n) is 6.78. The maximum Gasteiger partial charge on any atom is 0.319 e. The number of ether oxygens (including phenoxy) is 1. The first-order valence-corrected chi connectivity index (χ1v) is 16.2. The van der Waals surface area contributed by atoms with Crippen molar-refractivity contribution in [2.45, 2.75) is 38.3 Å². The Hall–Kier alpha value is -5.55. The highest BCUT2D eigenvalue weighted by atomic mass is 19.1. The summed E-state index contributed by atoms with van der Waals surface area (Å²) in [5.41, 5.74) is 3.03. The summed E-state index contributed by atoms with van der Waals surface area (Å²) in [6.45, 7) is 3.74. The van der Waals surface area contributed by atoms with Crippen molar-refractivity contribution in [2.75, 3.05) is 44.7 Å². The van der Waals surface area contributed by atoms with Crippen molar-refractivity contribution < 1.29 is 18.3 Å². The molecule has 14 heteroatoms. The van der Waals surface area contributed by atoms with Gasteiger partial charge in [-0.3, -0.25) is 9.89 Å². The van der Waals surface area contributed by atoms with Gasteiger partial charge in [0.1, 0.15) is 17.9 Å². The number of aryl methyl sites for hydroxylation is 1. The zero-order chi connectivity index (χ0) is 34.1. The van der Waals surface area contributed by atoms with E-state index in [1.807, 2.05) is 31.0 Å². The van der Waals surface area contributed by atoms with Gasteiger partial charge < -0.3 is 19.4 Å². The lowest BCUT2D eigenvalue weighted by atomic mass is 9.95. The Morgan fingerprint density at radius 2 is 2.02 bits per heavy atom. The van der Waals surface area contributed by atoms with Gasteiger partial charge in [0, 0.05) is 54.3 Å². The molecule has 2 aliphatic heterocycles. The summed E-state index contributed by atoms with van der Waals surface area (Å²) in [5, 5.41) is 25.6. The number of carbonyl (C=O) groups excluding carboxylic acids is 1. The van der Waals surface area contributed by atoms with Crippen LogP contribution in [0.4, 0.5) is 14.6 Å². The first-order chi connectivity index (χ1) is 23.8. The van der Waals surface area contributed by atoms with Gasteiger partial charge >= 0.3 is 6.01 Å². The van der Waals surface area contributed by atoms with Crippen LogP contribution in [0.2, 0.25) is 0 Å². The number of aromatic amines is 1. The number of rotatable bonds is 8. The molecule has 49 heavy (non-hydrogen) atoms. The second kappa shape index (κ2) is 13.5. The van der Waals surface area contributed by atoms with Crippen molar-refractivity contribution >= 4 is 39.6 Å². The van der Waals surface area contributed by atoms with Gasteiger partial charge in [0.25, 0.3) is 5.91 Å². The molecule has 0 aliphatic carbocycles. The molecular weight excluding hydrogens is 630 g/mol. The fourth-order valence-corrected chi connectivity index (χ4v) is 6.78. The molecule has 2 atom stereocenters. The van der Waals surface area contributed by atoms with Crippen LogP contribution in [0.3, 0.4) is 0 Å². The molecule has 7 rings (SSSR count). The zero-order valence-corrected chi connectivity index (χ0v) is 27.1. The van der Waals surface area contributed by atoms with E-state index in [9.17, 15) is 10.1 Å². The van der Waals surface area contributed by atoms with Crippen LogP contribution in [0.1, 0.15) is 30.5 Å². The van der Waals surface area contributed by atoms with Gasteiger partial charge in [-0.05, 0) is 68.8 Å². The number of nitrogens with one attached hydrogen (secondary N) is 1. The number of amides is 1. The van der Waals surface area contributed by atoms with E-state index in [1.165, 1.54) is 17.2 Å². The van der Waals surface area contributed by atoms with E-state index >= 15 is 8.78 Å². The number of hydrogen-bond acceptors (Lipinski definition) is 10. The minimum Gasteiger partial charge on any atom is -0.462 e. The van der Waals surface area contributed by atoms with E-state index in [2.05, 4.69) is 36.3 Å². The molecule has 1 amide bonds. The maximum atomic E-state index is 16.8. The third kappa shape index (κ3) is 6.25. The van der Waals surface area contributed by atoms with Crippen molar-refractivity contribution in [1.29, 1.82) is 5.26 Å². The standard InChI is InChI=1S/C35H34F2N10O2/c1-21-7-10-29-27(18-40-44-29)30(21)25-8-9-26-32(31(25)37)41-35(49-20-24-6-4-14-45(24)2)42-33(26)46-15-16-47(23(19-46)11-12-38)34(48)28(36)17-22-5-3-13-39-43-22/h3,5,7-10,13,17-18,23-24H,4,6,11,14-16,19-20H2,1-2H3,(H,40,44)/b28-17-. The lowest BCUT2D eigenvalue weighted by molar-refractivity contribution is -0.131. The molecule has 2 unspecified atom stereocenters. The van der Waals surface area contributed by atoms with Crippen LogP contribution in [0.25, 0.3) is 39.0 Å². The van der Waals surface area contributed by atoms with Crippen molar-refractivity contribution in [3.8, 4) is 23.2 Å². The van der Waals surface area contributed by atoms with Gasteiger partial charge in [-0.25, -0.2) is 8.78 Å². The Kier molecular flexibility index (Phi) is 8.83. The summed E-state index contributed by atoms with van der Waals surface area (Å²) < 4.78 is 38.1. The van der Waals surface area contributed by atoms with Crippen molar-refractivity contribution in [1.82, 2.24) is 40.2 Å². The van der Waals surface area contributed by atoms with Gasteiger partial charge in [-0.15, -0.1) is 0 Å². The highest BCUT2D eigenvalue weighted by molar-refractivity contribution is 6.00. The van der Waals surface area contributed by atoms with Gasteiger partial charge in [0.15, 0.2) is 11.6 Å². The molecule has 0 radical (unpaired) electrons. The maximum absolute atomic E-state index is 16.8. The summed E-state index contributed by atoms with van der Waals surface area (Å²) in [7, 11) is 2.04. The number of piperazine rings is 1. The first-order valence-electron chi connectivity index (χ1n) is 16.2. The highest BCUT2D eigenvalue weighted by Crippen LogP contribution is 2.38. The van der Waals surface area contributed by atoms with Gasteiger partial charge in [0.2, 0.25) is 0 Å². The number of anilines is 1. The predicted octanol–water partition coefficient (Wildman–Crippen LogP) is 4.83. The van der Waals surface area contributed by atoms with Crippen LogP contribution in [0.5, 0.6) is 6.01 Å². The number of benzene rings is 2. The molecule has 1 N–H and O–H groups in total. The molecule has 3 aromatic heterocycles. The molecule has 2 fully saturated rings. The quantitative estimate of drug-likeness (QED) is 0.230. The van der Waals surface area contributed by atoms with E-state index in [0.717, 1.165) is 41.9 Å². The van der Waals surface area contributed by atoms with Crippen LogP contribution >= 0.6 is 0 Å². The molecular formula is C35H34F2N10O2. The number of likely N-dealkylation sites (tertiary alicyclic amines) is 1. The van der Waals surface area contributed by atoms with Crippen LogP contribution in [-0.4, -0.2) is 98.0 Å². The van der Waals surface area contributed by atoms with Gasteiger partial charge in [0.05, 0.1) is 35.9 Å². The molecule has 2 saturated heterocycles. The number of halogens is 2. The van der Waals surface area contributed by atoms with Crippen LogP contribution < -0.4 is 9.64 Å². The number of nitrogens with zero attached hydrogens (tertiary/aromatic N) is 9. The molecule has 5 heterocycles. The number of fused-ring (bicyclic) bond motifs is 2. The monoisotopic (exact) mass is 664 g/mol. The zero-order valence-electron chi connectivity index (χ0n) is 27.1. The molecule has 0 saturated carbocycles. The average molecular weight is 665 g/mol. The Balaban J connectivity index is 1.26. The van der Waals surface area contributed by atoms with E-state index in [-0.39, 0.29) is 49.3 Å². The molecule has 2 aromatic carbocycles. The minimum absolute atomic E-state index is 0.0328. The number of hydrogen-bond donors (Lipinski definition) is 1. The third-order valence-electron chi connectivity index (χ3n) is 9.39. The minimum atomic E-state index is -1.01. The summed E-state index contributed by atoms with van der Waals surface area (Å²) in [5.74, 6) is -1.97. The second-order valence-electron chi connectivity index (χ2n) is 12.4. The Morgan fingerprint density at radius 1 is 1.14 bits per heavy atom. The second-order valence-corrected chi connectivity index (χ2v) is 12.4. The molecule has 250 valence electrons. The lowest BCUT2D eigenvalue weighted by Crippen LogP contribution is -2.55. The number of H-pyrrole nitrogens is 1. The van der Waals surface area contributed by atoms with Crippen LogP contribution in [0.15, 0.2) is 54.6 Å². The Bertz CT molecular complexity index is 2100. The van der Waals surface area contributed by atoms with Crippen molar-refractivity contribution in [3.05, 3.63) is 71.7 Å². The Labute approximate surface area is 281 Å². The summed E-state index contributed by atoms with van der Waals surface area (Å²) >= 11 is 0. The summed E-state index contributed by atoms with van der Waals surface area (Å²) in [4.78, 5) is 28.1. The summed E-state index contributed by atoms with van der Waals surface area (Å²) in [6, 6.07) is 12.1. The van der Waals surface area contributed by atoms with Gasteiger partial charge in [-0.2, -0.15) is 30.5 Å². The van der Waals surface area contributed by atoms with E-state index in [0.29, 0.717) is 28.9 Å². The van der Waals surface area contributed by atoms with E-state index in [1.54, 1.807) is 24.4 Å². The van der Waals surface area contributed by atoms with E-state index < -0.39 is 23.6 Å². The summed E-state index contributed by atoms with van der Waals surface area (Å²) in [6.07, 6.45) is 6.14. The molecule has 12 nitrogen and oxygen atoms in total. The number of likely N-dealkylation sites (N-methyl/N-ethyl adjacent to an activating group) is 1. The fraction of sp³-hybridized carbons (Fsp3) is 0.343. The van der Waals surface area contributed by atoms with Crippen LogP contribution in [-0.2, 0) is 4.79 Å². The molecule has 5 aromatic rings. The highest BCUT2D eigenvalue weighted by Gasteiger charge is 2.34. The van der Waals surface area contributed by atoms with Crippen LogP contribution in [0, 0.1) is 24.1 Å². The van der Waals surface area contributed by atoms with Crippen molar-refractivity contribution in [3.63, 3.8) is 0 Å². The average Bonchev–Trinajstić information content (AvgIpc) is 3.76. The first kappa shape index (κ1) is 32.0. The largest absolute Gasteiger partial charge is 0.462 e. The molecule has 0 spiro atoms. The normalized spacial score (nSPS) is 18.7. The van der Waals surface area contributed by atoms with Gasteiger partial charge in [-0.1, -0.05) is 12.1 Å². The SMILES string of the molecule is Cc1ccc2[nH]ncc2c1-c1ccc2c(N3CCN(C(=O)/C(F)=C/c4cccnn4)C(CC#N)C3)nc(OCC3CCCN3C)nc2c1F. The molecule has 2 aliphatic rings. The number of aromatic nitrogens is 6. The third-order valence-corrected chi connectivity index (χ3v) is 9.39. The lowest BCUT2D eigenvalue weighted by Gasteiger charge is -2.41. The predicted molar refractivity (Wildman–Crippen MR) is 180 cm³/mol. The number of nitriles is 1. The topological polar surface area (TPSA) is 140 Å². The smallest absolute Gasteiger partial charge is 0.319 e. The Morgan fingerprint density at radius 3 is 2.80 bits per heavy atom. The van der Waals surface area contributed by atoms with Crippen molar-refractivity contribution in [2.24, 2.45) is 0 Å². The van der Waals surface area contributed by atoms with E-state index in [4.69, 9.17) is 9.72 Å². The molecule has 0 bridgehead atoms.